The zero-order valence-corrected chi connectivity index (χ0v) is 11.7. The van der Waals surface area contributed by atoms with Crippen LogP contribution in [0.1, 0.15) is 32.6 Å². The van der Waals surface area contributed by atoms with Gasteiger partial charge in [-0.3, -0.25) is 4.68 Å². The third kappa shape index (κ3) is 3.25. The minimum atomic E-state index is -2.95. The lowest BCUT2D eigenvalue weighted by atomic mass is 9.97. The smallest absolute Gasteiger partial charge is 0.157 e. The van der Waals surface area contributed by atoms with E-state index in [0.29, 0.717) is 6.42 Å². The number of aromatic nitrogens is 2. The van der Waals surface area contributed by atoms with E-state index in [1.807, 2.05) is 13.1 Å². The van der Waals surface area contributed by atoms with E-state index in [0.717, 1.165) is 31.6 Å². The molecule has 0 bridgehead atoms. The molecule has 1 aliphatic rings. The van der Waals surface area contributed by atoms with Crippen molar-refractivity contribution < 1.29 is 13.2 Å². The van der Waals surface area contributed by atoms with Crippen molar-refractivity contribution in [1.29, 1.82) is 0 Å². The van der Waals surface area contributed by atoms with Crippen LogP contribution in [0.3, 0.4) is 0 Å². The maximum Gasteiger partial charge on any atom is 0.157 e. The Kier molecular flexibility index (Phi) is 3.94. The first-order chi connectivity index (χ1) is 8.49. The number of sulfone groups is 1. The summed E-state index contributed by atoms with van der Waals surface area (Å²) in [5.74, 6) is 0.732. The number of hydrogen-bond acceptors (Lipinski definition) is 4. The van der Waals surface area contributed by atoms with Crippen molar-refractivity contribution in [3.63, 3.8) is 0 Å². The molecule has 1 aliphatic carbocycles. The molecule has 1 aromatic heterocycles. The molecule has 1 saturated carbocycles. The standard InChI is InChI=1S/C12H20N2O3S/c1-3-14-9-11(8-13-14)17-10-5-4-6-12(7-10)18(2,15)16/h8-10,12H,3-7H2,1-2H3. The van der Waals surface area contributed by atoms with Crippen LogP contribution in [-0.2, 0) is 16.4 Å². The van der Waals surface area contributed by atoms with Crippen LogP contribution in [0.2, 0.25) is 0 Å². The summed E-state index contributed by atoms with van der Waals surface area (Å²) in [6.07, 6.45) is 8.02. The van der Waals surface area contributed by atoms with Crippen molar-refractivity contribution in [1.82, 2.24) is 9.78 Å². The minimum absolute atomic E-state index is 0.00650. The highest BCUT2D eigenvalue weighted by molar-refractivity contribution is 7.91. The number of rotatable bonds is 4. The summed E-state index contributed by atoms with van der Waals surface area (Å²) in [6, 6.07) is 0. The van der Waals surface area contributed by atoms with Crippen LogP contribution in [-0.4, -0.2) is 35.8 Å². The molecule has 0 aliphatic heterocycles. The first kappa shape index (κ1) is 13.4. The zero-order valence-electron chi connectivity index (χ0n) is 10.9. The molecule has 0 radical (unpaired) electrons. The van der Waals surface area contributed by atoms with Crippen molar-refractivity contribution in [2.75, 3.05) is 6.26 Å². The molecule has 6 heteroatoms. The molecule has 2 atom stereocenters. The van der Waals surface area contributed by atoms with Gasteiger partial charge in [-0.05, 0) is 26.2 Å². The lowest BCUT2D eigenvalue weighted by molar-refractivity contribution is 0.156. The van der Waals surface area contributed by atoms with E-state index in [4.69, 9.17) is 4.74 Å². The SMILES string of the molecule is CCn1cc(OC2CCCC(S(C)(=O)=O)C2)cn1. The van der Waals surface area contributed by atoms with E-state index in [-0.39, 0.29) is 11.4 Å². The van der Waals surface area contributed by atoms with Crippen LogP contribution in [0.5, 0.6) is 5.75 Å². The fraction of sp³-hybridized carbons (Fsp3) is 0.750. The van der Waals surface area contributed by atoms with Gasteiger partial charge in [-0.15, -0.1) is 0 Å². The van der Waals surface area contributed by atoms with Gasteiger partial charge < -0.3 is 4.74 Å². The molecule has 2 rings (SSSR count). The van der Waals surface area contributed by atoms with Crippen LogP contribution in [0.15, 0.2) is 12.4 Å². The third-order valence-corrected chi connectivity index (χ3v) is 5.06. The average Bonchev–Trinajstić information content (AvgIpc) is 2.76. The molecule has 0 spiro atoms. The molecule has 18 heavy (non-hydrogen) atoms. The van der Waals surface area contributed by atoms with Gasteiger partial charge in [0.05, 0.1) is 17.6 Å². The Balaban J connectivity index is 1.97. The van der Waals surface area contributed by atoms with E-state index < -0.39 is 9.84 Å². The number of aryl methyl sites for hydroxylation is 1. The number of nitrogens with zero attached hydrogens (tertiary/aromatic N) is 2. The Bertz CT molecular complexity index is 495. The molecule has 0 N–H and O–H groups in total. The van der Waals surface area contributed by atoms with E-state index in [2.05, 4.69) is 5.10 Å². The number of ether oxygens (including phenoxy) is 1. The summed E-state index contributed by atoms with van der Waals surface area (Å²) < 4.78 is 30.7. The molecule has 102 valence electrons. The summed E-state index contributed by atoms with van der Waals surface area (Å²) in [5, 5.41) is 3.89. The molecular formula is C12H20N2O3S. The Morgan fingerprint density at radius 3 is 2.89 bits per heavy atom. The lowest BCUT2D eigenvalue weighted by Crippen LogP contribution is -2.33. The van der Waals surface area contributed by atoms with Crippen molar-refractivity contribution in [2.24, 2.45) is 0 Å². The molecule has 2 unspecified atom stereocenters. The van der Waals surface area contributed by atoms with Gasteiger partial charge in [0.2, 0.25) is 0 Å². The maximum absolute atomic E-state index is 11.6. The second-order valence-electron chi connectivity index (χ2n) is 4.89. The minimum Gasteiger partial charge on any atom is -0.487 e. The summed E-state index contributed by atoms with van der Waals surface area (Å²) in [5.41, 5.74) is 0. The van der Waals surface area contributed by atoms with E-state index in [9.17, 15) is 8.42 Å². The summed E-state index contributed by atoms with van der Waals surface area (Å²) in [4.78, 5) is 0. The Hall–Kier alpha value is -1.04. The largest absolute Gasteiger partial charge is 0.487 e. The highest BCUT2D eigenvalue weighted by Crippen LogP contribution is 2.27. The van der Waals surface area contributed by atoms with E-state index in [1.54, 1.807) is 10.9 Å². The summed E-state index contributed by atoms with van der Waals surface area (Å²) >= 11 is 0. The Morgan fingerprint density at radius 2 is 2.28 bits per heavy atom. The molecule has 5 nitrogen and oxygen atoms in total. The van der Waals surface area contributed by atoms with Crippen molar-refractivity contribution >= 4 is 9.84 Å². The fourth-order valence-electron chi connectivity index (χ4n) is 2.37. The first-order valence-electron chi connectivity index (χ1n) is 6.37. The van der Waals surface area contributed by atoms with E-state index >= 15 is 0 Å². The topological polar surface area (TPSA) is 61.2 Å². The highest BCUT2D eigenvalue weighted by Gasteiger charge is 2.30. The maximum atomic E-state index is 11.6. The third-order valence-electron chi connectivity index (χ3n) is 3.42. The van der Waals surface area contributed by atoms with Gasteiger partial charge in [-0.1, -0.05) is 0 Å². The van der Waals surface area contributed by atoms with Crippen LogP contribution in [0, 0.1) is 0 Å². The normalized spacial score (nSPS) is 25.0. The van der Waals surface area contributed by atoms with Crippen LogP contribution < -0.4 is 4.74 Å². The first-order valence-corrected chi connectivity index (χ1v) is 8.32. The van der Waals surface area contributed by atoms with Gasteiger partial charge >= 0.3 is 0 Å². The van der Waals surface area contributed by atoms with Crippen molar-refractivity contribution in [2.45, 2.75) is 50.5 Å². The van der Waals surface area contributed by atoms with Crippen molar-refractivity contribution in [3.05, 3.63) is 12.4 Å². The summed E-state index contributed by atoms with van der Waals surface area (Å²) in [7, 11) is -2.95. The average molecular weight is 272 g/mol. The molecule has 0 amide bonds. The van der Waals surface area contributed by atoms with Gasteiger partial charge in [0.15, 0.2) is 5.75 Å². The highest BCUT2D eigenvalue weighted by atomic mass is 32.2. The van der Waals surface area contributed by atoms with Gasteiger partial charge in [0.1, 0.15) is 15.9 Å². The van der Waals surface area contributed by atoms with Crippen molar-refractivity contribution in [3.8, 4) is 5.75 Å². The van der Waals surface area contributed by atoms with Crippen LogP contribution in [0.4, 0.5) is 0 Å². The number of hydrogen-bond donors (Lipinski definition) is 0. The van der Waals surface area contributed by atoms with Gasteiger partial charge in [-0.2, -0.15) is 5.10 Å². The van der Waals surface area contributed by atoms with Crippen LogP contribution >= 0.6 is 0 Å². The summed E-state index contributed by atoms with van der Waals surface area (Å²) in [6.45, 7) is 2.82. The van der Waals surface area contributed by atoms with Gasteiger partial charge in [-0.25, -0.2) is 8.42 Å². The van der Waals surface area contributed by atoms with E-state index in [1.165, 1.54) is 6.26 Å². The Morgan fingerprint density at radius 1 is 1.50 bits per heavy atom. The molecule has 0 saturated heterocycles. The van der Waals surface area contributed by atoms with Gasteiger partial charge in [0.25, 0.3) is 0 Å². The monoisotopic (exact) mass is 272 g/mol. The molecule has 1 fully saturated rings. The second-order valence-corrected chi connectivity index (χ2v) is 7.22. The molecule has 1 heterocycles. The predicted molar refractivity (Wildman–Crippen MR) is 69.4 cm³/mol. The quantitative estimate of drug-likeness (QED) is 0.836. The van der Waals surface area contributed by atoms with Gasteiger partial charge in [0, 0.05) is 19.2 Å². The second kappa shape index (κ2) is 5.30. The zero-order chi connectivity index (χ0) is 13.2. The predicted octanol–water partition coefficient (Wildman–Crippen LogP) is 1.64. The van der Waals surface area contributed by atoms with Crippen LogP contribution in [0.25, 0.3) is 0 Å². The fourth-order valence-corrected chi connectivity index (χ4v) is 3.53. The molecule has 1 aromatic rings. The molecular weight excluding hydrogens is 252 g/mol. The molecule has 0 aromatic carbocycles. The lowest BCUT2D eigenvalue weighted by Gasteiger charge is -2.27. The Labute approximate surface area is 108 Å².